The number of nitrogen functional groups attached to an aromatic ring is 1. The van der Waals surface area contributed by atoms with Crippen LogP contribution in [0.1, 0.15) is 13.8 Å². The summed E-state index contributed by atoms with van der Waals surface area (Å²) in [5.74, 6) is 0.832. The highest BCUT2D eigenvalue weighted by Gasteiger charge is 2.04. The van der Waals surface area contributed by atoms with Crippen molar-refractivity contribution in [3.8, 4) is 5.75 Å². The zero-order valence-corrected chi connectivity index (χ0v) is 11.5. The van der Waals surface area contributed by atoms with Crippen molar-refractivity contribution in [3.05, 3.63) is 35.7 Å². The molecule has 0 aliphatic heterocycles. The van der Waals surface area contributed by atoms with Crippen LogP contribution in [0.25, 0.3) is 0 Å². The van der Waals surface area contributed by atoms with Gasteiger partial charge in [-0.05, 0) is 37.4 Å². The maximum atomic E-state index is 5.87. The maximum absolute atomic E-state index is 5.87. The summed E-state index contributed by atoms with van der Waals surface area (Å²) < 4.78 is 6.92. The van der Waals surface area contributed by atoms with Crippen molar-refractivity contribution in [2.24, 2.45) is 0 Å². The Labute approximate surface area is 110 Å². The highest BCUT2D eigenvalue weighted by molar-refractivity contribution is 8.01. The van der Waals surface area contributed by atoms with E-state index in [2.05, 4.69) is 11.4 Å². The van der Waals surface area contributed by atoms with E-state index in [0.717, 1.165) is 16.3 Å². The lowest BCUT2D eigenvalue weighted by Gasteiger charge is -2.11. The van der Waals surface area contributed by atoms with Gasteiger partial charge in [0.2, 0.25) is 0 Å². The Kier molecular flexibility index (Phi) is 3.97. The number of ether oxygens (including phenoxy) is 1. The fourth-order valence-electron chi connectivity index (χ4n) is 1.43. The van der Waals surface area contributed by atoms with Crippen molar-refractivity contribution in [3.63, 3.8) is 0 Å². The summed E-state index contributed by atoms with van der Waals surface area (Å²) >= 11 is 3.43. The third kappa shape index (κ3) is 3.68. The number of thiophene rings is 1. The topological polar surface area (TPSA) is 35.2 Å². The number of anilines is 1. The number of hydrogen-bond donors (Lipinski definition) is 1. The summed E-state index contributed by atoms with van der Waals surface area (Å²) in [6.45, 7) is 4.02. The number of hydrogen-bond acceptors (Lipinski definition) is 4. The fourth-order valence-corrected chi connectivity index (χ4v) is 3.28. The summed E-state index contributed by atoms with van der Waals surface area (Å²) in [5, 5.41) is 2.07. The number of benzene rings is 1. The van der Waals surface area contributed by atoms with Gasteiger partial charge in [-0.3, -0.25) is 0 Å². The van der Waals surface area contributed by atoms with Crippen LogP contribution in [0, 0.1) is 0 Å². The molecule has 0 saturated heterocycles. The lowest BCUT2D eigenvalue weighted by Crippen LogP contribution is -2.05. The van der Waals surface area contributed by atoms with Gasteiger partial charge in [0, 0.05) is 16.6 Å². The molecule has 2 rings (SSSR count). The summed E-state index contributed by atoms with van der Waals surface area (Å²) in [6.07, 6.45) is 0.163. The van der Waals surface area contributed by atoms with Crippen LogP contribution in [0.3, 0.4) is 0 Å². The van der Waals surface area contributed by atoms with E-state index in [0.29, 0.717) is 0 Å². The van der Waals surface area contributed by atoms with Crippen LogP contribution in [0.5, 0.6) is 5.75 Å². The van der Waals surface area contributed by atoms with Crippen molar-refractivity contribution >= 4 is 28.8 Å². The smallest absolute Gasteiger partial charge is 0.122 e. The van der Waals surface area contributed by atoms with E-state index in [-0.39, 0.29) is 6.10 Å². The normalized spacial score (nSPS) is 10.8. The minimum atomic E-state index is 0.163. The van der Waals surface area contributed by atoms with Gasteiger partial charge in [-0.25, -0.2) is 0 Å². The van der Waals surface area contributed by atoms with E-state index in [9.17, 15) is 0 Å². The Morgan fingerprint density at radius 1 is 1.29 bits per heavy atom. The third-order valence-corrected chi connectivity index (χ3v) is 4.00. The molecule has 0 fully saturated rings. The molecule has 4 heteroatoms. The quantitative estimate of drug-likeness (QED) is 0.838. The van der Waals surface area contributed by atoms with E-state index < -0.39 is 0 Å². The van der Waals surface area contributed by atoms with Crippen molar-refractivity contribution in [2.75, 3.05) is 5.73 Å². The molecule has 1 aromatic carbocycles. The third-order valence-electron chi connectivity index (χ3n) is 1.99. The summed E-state index contributed by atoms with van der Waals surface area (Å²) in [5.41, 5.74) is 6.61. The Balaban J connectivity index is 2.19. The van der Waals surface area contributed by atoms with Crippen molar-refractivity contribution in [1.29, 1.82) is 0 Å². The van der Waals surface area contributed by atoms with Crippen LogP contribution in [0.4, 0.5) is 5.69 Å². The first-order chi connectivity index (χ1) is 8.13. The first-order valence-corrected chi connectivity index (χ1v) is 7.11. The second-order valence-electron chi connectivity index (χ2n) is 3.94. The average Bonchev–Trinajstić information content (AvgIpc) is 2.67. The highest BCUT2D eigenvalue weighted by Crippen LogP contribution is 2.34. The Hall–Kier alpha value is -1.13. The standard InChI is InChI=1S/C13H15NOS2/c1-9(2)15-11-6-10(14)7-12(8-11)17-13-4-3-5-16-13/h3-9H,14H2,1-2H3. The van der Waals surface area contributed by atoms with Crippen molar-refractivity contribution in [2.45, 2.75) is 29.1 Å². The molecule has 1 aromatic heterocycles. The van der Waals surface area contributed by atoms with Gasteiger partial charge in [0.15, 0.2) is 0 Å². The molecule has 0 bridgehead atoms. The molecule has 1 heterocycles. The first kappa shape index (κ1) is 12.3. The molecule has 0 radical (unpaired) electrons. The van der Waals surface area contributed by atoms with E-state index in [1.807, 2.05) is 38.1 Å². The largest absolute Gasteiger partial charge is 0.491 e. The molecular weight excluding hydrogens is 250 g/mol. The van der Waals surface area contributed by atoms with Gasteiger partial charge < -0.3 is 10.5 Å². The van der Waals surface area contributed by atoms with Gasteiger partial charge in [0.05, 0.1) is 10.3 Å². The molecule has 0 saturated carbocycles. The first-order valence-electron chi connectivity index (χ1n) is 5.42. The van der Waals surface area contributed by atoms with Gasteiger partial charge in [-0.2, -0.15) is 0 Å². The van der Waals surface area contributed by atoms with Gasteiger partial charge in [0.1, 0.15) is 5.75 Å². The molecule has 2 aromatic rings. The van der Waals surface area contributed by atoms with Gasteiger partial charge in [-0.1, -0.05) is 17.8 Å². The van der Waals surface area contributed by atoms with E-state index >= 15 is 0 Å². The Morgan fingerprint density at radius 3 is 2.76 bits per heavy atom. The van der Waals surface area contributed by atoms with Crippen LogP contribution in [-0.2, 0) is 0 Å². The Morgan fingerprint density at radius 2 is 2.12 bits per heavy atom. The molecular formula is C13H15NOS2. The molecule has 0 unspecified atom stereocenters. The minimum absolute atomic E-state index is 0.163. The molecule has 90 valence electrons. The Bertz CT molecular complexity index is 480. The molecule has 0 amide bonds. The second-order valence-corrected chi connectivity index (χ2v) is 6.26. The fraction of sp³-hybridized carbons (Fsp3) is 0.231. The van der Waals surface area contributed by atoms with Crippen LogP contribution < -0.4 is 10.5 Å². The minimum Gasteiger partial charge on any atom is -0.491 e. The van der Waals surface area contributed by atoms with Crippen molar-refractivity contribution in [1.82, 2.24) is 0 Å². The molecule has 2 N–H and O–H groups in total. The molecule has 2 nitrogen and oxygen atoms in total. The predicted molar refractivity (Wildman–Crippen MR) is 75.1 cm³/mol. The maximum Gasteiger partial charge on any atom is 0.122 e. The van der Waals surface area contributed by atoms with E-state index in [4.69, 9.17) is 10.5 Å². The molecule has 0 aliphatic carbocycles. The molecule has 0 aliphatic rings. The molecule has 17 heavy (non-hydrogen) atoms. The van der Waals surface area contributed by atoms with E-state index in [1.54, 1.807) is 23.1 Å². The van der Waals surface area contributed by atoms with E-state index in [1.165, 1.54) is 4.21 Å². The predicted octanol–water partition coefficient (Wildman–Crippen LogP) is 4.27. The lowest BCUT2D eigenvalue weighted by molar-refractivity contribution is 0.242. The van der Waals surface area contributed by atoms with Gasteiger partial charge in [0.25, 0.3) is 0 Å². The summed E-state index contributed by atoms with van der Waals surface area (Å²) in [7, 11) is 0. The average molecular weight is 265 g/mol. The SMILES string of the molecule is CC(C)Oc1cc(N)cc(Sc2cccs2)c1. The summed E-state index contributed by atoms with van der Waals surface area (Å²) in [6, 6.07) is 10.0. The molecule has 0 spiro atoms. The highest BCUT2D eigenvalue weighted by atomic mass is 32.2. The van der Waals surface area contributed by atoms with Crippen LogP contribution >= 0.6 is 23.1 Å². The zero-order valence-electron chi connectivity index (χ0n) is 9.84. The van der Waals surface area contributed by atoms with Crippen LogP contribution in [0.2, 0.25) is 0 Å². The van der Waals surface area contributed by atoms with Crippen molar-refractivity contribution < 1.29 is 4.74 Å². The summed E-state index contributed by atoms with van der Waals surface area (Å²) in [4.78, 5) is 1.11. The van der Waals surface area contributed by atoms with Crippen LogP contribution in [0.15, 0.2) is 44.8 Å². The second kappa shape index (κ2) is 5.47. The number of rotatable bonds is 4. The lowest BCUT2D eigenvalue weighted by atomic mass is 10.3. The van der Waals surface area contributed by atoms with Gasteiger partial charge in [-0.15, -0.1) is 11.3 Å². The molecule has 0 atom stereocenters. The monoisotopic (exact) mass is 265 g/mol. The van der Waals surface area contributed by atoms with Gasteiger partial charge >= 0.3 is 0 Å². The van der Waals surface area contributed by atoms with Crippen LogP contribution in [-0.4, -0.2) is 6.10 Å². The number of nitrogens with two attached hydrogens (primary N) is 1. The zero-order chi connectivity index (χ0) is 12.3.